The van der Waals surface area contributed by atoms with Crippen LogP contribution >= 0.6 is 0 Å². The van der Waals surface area contributed by atoms with E-state index in [9.17, 15) is 27.5 Å². The summed E-state index contributed by atoms with van der Waals surface area (Å²) in [6.07, 6.45) is -3.61. The predicted molar refractivity (Wildman–Crippen MR) is 68.6 cm³/mol. The quantitative estimate of drug-likeness (QED) is 0.850. The smallest absolute Gasteiger partial charge is 0.416 e. The number of nitrogens with zero attached hydrogens (tertiary/aromatic N) is 1. The van der Waals surface area contributed by atoms with Gasteiger partial charge in [0.2, 0.25) is 0 Å². The summed E-state index contributed by atoms with van der Waals surface area (Å²) in [5.74, 6) is -1.97. The Labute approximate surface area is 119 Å². The van der Waals surface area contributed by atoms with Gasteiger partial charge in [-0.25, -0.2) is 9.18 Å². The molecule has 7 heteroatoms. The Bertz CT molecular complexity index is 544. The maximum atomic E-state index is 14.0. The molecule has 1 heterocycles. The summed E-state index contributed by atoms with van der Waals surface area (Å²) in [7, 11) is 0. The van der Waals surface area contributed by atoms with Crippen LogP contribution in [0.25, 0.3) is 0 Å². The number of aliphatic carboxylic acids is 1. The molecule has 0 aromatic heterocycles. The van der Waals surface area contributed by atoms with E-state index in [0.29, 0.717) is 25.5 Å². The minimum Gasteiger partial charge on any atom is -0.480 e. The second kappa shape index (κ2) is 5.54. The molecule has 1 aliphatic rings. The molecule has 1 aromatic rings. The summed E-state index contributed by atoms with van der Waals surface area (Å²) >= 11 is 0. The summed E-state index contributed by atoms with van der Waals surface area (Å²) in [6, 6.07) is 1.27. The van der Waals surface area contributed by atoms with Crippen molar-refractivity contribution in [3.05, 3.63) is 29.6 Å². The molecule has 1 aromatic carbocycles. The molecule has 2 rings (SSSR count). The van der Waals surface area contributed by atoms with Gasteiger partial charge in [0.25, 0.3) is 0 Å². The zero-order valence-electron chi connectivity index (χ0n) is 11.3. The lowest BCUT2D eigenvalue weighted by Gasteiger charge is -2.37. The minimum absolute atomic E-state index is 0.0951. The van der Waals surface area contributed by atoms with E-state index in [4.69, 9.17) is 0 Å². The Morgan fingerprint density at radius 3 is 2.57 bits per heavy atom. The number of carboxylic acid groups (broad SMARTS) is 1. The van der Waals surface area contributed by atoms with Gasteiger partial charge < -0.3 is 10.0 Å². The van der Waals surface area contributed by atoms with E-state index in [0.717, 1.165) is 12.1 Å². The number of hydrogen-bond acceptors (Lipinski definition) is 2. The van der Waals surface area contributed by atoms with Crippen LogP contribution in [-0.2, 0) is 11.0 Å². The van der Waals surface area contributed by atoms with E-state index in [1.54, 1.807) is 0 Å². The van der Waals surface area contributed by atoms with Crippen LogP contribution in [0.15, 0.2) is 18.2 Å². The molecule has 1 saturated heterocycles. The third-order valence-corrected chi connectivity index (χ3v) is 3.73. The van der Waals surface area contributed by atoms with E-state index in [-0.39, 0.29) is 11.6 Å². The summed E-state index contributed by atoms with van der Waals surface area (Å²) in [6.45, 7) is 2.21. The number of rotatable bonds is 2. The van der Waals surface area contributed by atoms with Crippen molar-refractivity contribution in [3.8, 4) is 0 Å². The number of piperidine rings is 1. The van der Waals surface area contributed by atoms with Gasteiger partial charge in [-0.15, -0.1) is 0 Å². The highest BCUT2D eigenvalue weighted by Crippen LogP contribution is 2.34. The Kier molecular flexibility index (Phi) is 4.11. The van der Waals surface area contributed by atoms with Crippen LogP contribution in [0.2, 0.25) is 0 Å². The number of benzene rings is 1. The van der Waals surface area contributed by atoms with Crippen molar-refractivity contribution in [2.24, 2.45) is 5.92 Å². The lowest BCUT2D eigenvalue weighted by atomic mass is 9.92. The highest BCUT2D eigenvalue weighted by atomic mass is 19.4. The van der Waals surface area contributed by atoms with Gasteiger partial charge >= 0.3 is 12.1 Å². The van der Waals surface area contributed by atoms with Crippen LogP contribution in [0.5, 0.6) is 0 Å². The molecule has 0 saturated carbocycles. The standard InChI is InChI=1S/C14H15F4NO2/c1-8-4-5-19(12(6-8)13(20)21)11-3-2-9(7-10(11)15)14(16,17)18/h2-3,7-8,12H,4-6H2,1H3,(H,20,21). The highest BCUT2D eigenvalue weighted by molar-refractivity contribution is 5.78. The van der Waals surface area contributed by atoms with Crippen LogP contribution in [0.1, 0.15) is 25.3 Å². The topological polar surface area (TPSA) is 40.5 Å². The van der Waals surface area contributed by atoms with Crippen LogP contribution in [0.3, 0.4) is 0 Å². The zero-order valence-corrected chi connectivity index (χ0v) is 11.3. The first-order chi connectivity index (χ1) is 9.70. The van der Waals surface area contributed by atoms with Gasteiger partial charge in [-0.2, -0.15) is 13.2 Å². The van der Waals surface area contributed by atoms with E-state index in [2.05, 4.69) is 0 Å². The number of hydrogen-bond donors (Lipinski definition) is 1. The second-order valence-electron chi connectivity index (χ2n) is 5.34. The van der Waals surface area contributed by atoms with Crippen molar-refractivity contribution >= 4 is 11.7 Å². The first kappa shape index (κ1) is 15.6. The molecule has 0 radical (unpaired) electrons. The Balaban J connectivity index is 2.34. The van der Waals surface area contributed by atoms with Crippen molar-refractivity contribution in [2.45, 2.75) is 32.0 Å². The predicted octanol–water partition coefficient (Wildman–Crippen LogP) is 3.53. The minimum atomic E-state index is -4.62. The van der Waals surface area contributed by atoms with E-state index >= 15 is 0 Å². The van der Waals surface area contributed by atoms with Gasteiger partial charge in [0, 0.05) is 6.54 Å². The number of alkyl halides is 3. The number of carbonyl (C=O) groups is 1. The van der Waals surface area contributed by atoms with Gasteiger partial charge in [-0.3, -0.25) is 0 Å². The van der Waals surface area contributed by atoms with Crippen LogP contribution in [-0.4, -0.2) is 23.7 Å². The zero-order chi connectivity index (χ0) is 15.8. The second-order valence-corrected chi connectivity index (χ2v) is 5.34. The lowest BCUT2D eigenvalue weighted by Crippen LogP contribution is -2.47. The highest BCUT2D eigenvalue weighted by Gasteiger charge is 2.35. The molecule has 21 heavy (non-hydrogen) atoms. The van der Waals surface area contributed by atoms with Crippen molar-refractivity contribution in [1.29, 1.82) is 0 Å². The number of halogens is 4. The Hall–Kier alpha value is -1.79. The lowest BCUT2D eigenvalue weighted by molar-refractivity contribution is -0.140. The van der Waals surface area contributed by atoms with Crippen molar-refractivity contribution in [2.75, 3.05) is 11.4 Å². The fourth-order valence-electron chi connectivity index (χ4n) is 2.58. The first-order valence-electron chi connectivity index (χ1n) is 6.56. The SMILES string of the molecule is CC1CCN(c2ccc(C(F)(F)F)cc2F)C(C(=O)O)C1. The normalized spacial score (nSPS) is 23.2. The monoisotopic (exact) mass is 305 g/mol. The number of anilines is 1. The molecule has 2 unspecified atom stereocenters. The Morgan fingerprint density at radius 1 is 1.38 bits per heavy atom. The van der Waals surface area contributed by atoms with Crippen LogP contribution < -0.4 is 4.90 Å². The van der Waals surface area contributed by atoms with Gasteiger partial charge in [0.05, 0.1) is 11.3 Å². The molecule has 3 nitrogen and oxygen atoms in total. The summed E-state index contributed by atoms with van der Waals surface area (Å²) < 4.78 is 51.5. The van der Waals surface area contributed by atoms with Crippen molar-refractivity contribution < 1.29 is 27.5 Å². The van der Waals surface area contributed by atoms with Gasteiger partial charge in [-0.1, -0.05) is 6.92 Å². The summed E-state index contributed by atoms with van der Waals surface area (Å²) in [4.78, 5) is 12.6. The largest absolute Gasteiger partial charge is 0.480 e. The van der Waals surface area contributed by atoms with Crippen molar-refractivity contribution in [3.63, 3.8) is 0 Å². The molecular formula is C14H15F4NO2. The third kappa shape index (κ3) is 3.28. The Morgan fingerprint density at radius 2 is 2.05 bits per heavy atom. The fraction of sp³-hybridized carbons (Fsp3) is 0.500. The van der Waals surface area contributed by atoms with Crippen molar-refractivity contribution in [1.82, 2.24) is 0 Å². The average molecular weight is 305 g/mol. The van der Waals surface area contributed by atoms with Crippen LogP contribution in [0, 0.1) is 11.7 Å². The van der Waals surface area contributed by atoms with E-state index in [1.807, 2.05) is 6.92 Å². The molecule has 0 amide bonds. The number of carboxylic acids is 1. The van der Waals surface area contributed by atoms with Gasteiger partial charge in [0.15, 0.2) is 0 Å². The molecule has 1 aliphatic heterocycles. The first-order valence-corrected chi connectivity index (χ1v) is 6.56. The maximum absolute atomic E-state index is 14.0. The summed E-state index contributed by atoms with van der Waals surface area (Å²) in [5, 5.41) is 9.22. The average Bonchev–Trinajstić information content (AvgIpc) is 2.38. The third-order valence-electron chi connectivity index (χ3n) is 3.73. The van der Waals surface area contributed by atoms with Gasteiger partial charge in [0.1, 0.15) is 11.9 Å². The molecular weight excluding hydrogens is 290 g/mol. The van der Waals surface area contributed by atoms with E-state index in [1.165, 1.54) is 4.90 Å². The fourth-order valence-corrected chi connectivity index (χ4v) is 2.58. The molecule has 1 N–H and O–H groups in total. The van der Waals surface area contributed by atoms with Crippen LogP contribution in [0.4, 0.5) is 23.2 Å². The molecule has 0 bridgehead atoms. The van der Waals surface area contributed by atoms with Gasteiger partial charge in [-0.05, 0) is 37.0 Å². The molecule has 1 fully saturated rings. The van der Waals surface area contributed by atoms with E-state index < -0.39 is 29.6 Å². The molecule has 2 atom stereocenters. The maximum Gasteiger partial charge on any atom is 0.416 e. The summed E-state index contributed by atoms with van der Waals surface area (Å²) in [5.41, 5.74) is -1.18. The molecule has 116 valence electrons. The molecule has 0 aliphatic carbocycles. The molecule has 0 spiro atoms.